The zero-order chi connectivity index (χ0) is 13.2. The first-order valence-electron chi connectivity index (χ1n) is 5.98. The van der Waals surface area contributed by atoms with Crippen LogP contribution in [0.2, 0.25) is 0 Å². The Morgan fingerprint density at radius 1 is 1.37 bits per heavy atom. The molecule has 3 heterocycles. The van der Waals surface area contributed by atoms with Crippen LogP contribution in [0.5, 0.6) is 0 Å². The van der Waals surface area contributed by atoms with Crippen molar-refractivity contribution in [2.24, 2.45) is 0 Å². The molecule has 0 aliphatic carbocycles. The third-order valence-electron chi connectivity index (χ3n) is 2.72. The minimum Gasteiger partial charge on any atom is -0.439 e. The fourth-order valence-corrected chi connectivity index (χ4v) is 2.78. The van der Waals surface area contributed by atoms with Crippen LogP contribution in [0.3, 0.4) is 0 Å². The highest BCUT2D eigenvalue weighted by atomic mass is 32.2. The van der Waals surface area contributed by atoms with Crippen molar-refractivity contribution in [1.29, 1.82) is 0 Å². The van der Waals surface area contributed by atoms with Gasteiger partial charge in [0.2, 0.25) is 0 Å². The van der Waals surface area contributed by atoms with Crippen LogP contribution in [0, 0.1) is 6.92 Å². The molecule has 19 heavy (non-hydrogen) atoms. The van der Waals surface area contributed by atoms with Gasteiger partial charge >= 0.3 is 0 Å². The maximum Gasteiger partial charge on any atom is 0.262 e. The van der Waals surface area contributed by atoms with Gasteiger partial charge in [-0.2, -0.15) is 0 Å². The van der Waals surface area contributed by atoms with E-state index in [9.17, 15) is 0 Å². The lowest BCUT2D eigenvalue weighted by Crippen LogP contribution is -2.08. The van der Waals surface area contributed by atoms with Gasteiger partial charge in [-0.05, 0) is 37.9 Å². The van der Waals surface area contributed by atoms with Crippen molar-refractivity contribution in [3.63, 3.8) is 0 Å². The summed E-state index contributed by atoms with van der Waals surface area (Å²) in [7, 11) is 1.92. The first kappa shape index (κ1) is 12.3. The minimum absolute atomic E-state index is 0.623. The van der Waals surface area contributed by atoms with Crippen LogP contribution < -0.4 is 5.32 Å². The van der Waals surface area contributed by atoms with Crippen LogP contribution in [0.25, 0.3) is 5.65 Å². The van der Waals surface area contributed by atoms with E-state index in [1.807, 2.05) is 38.4 Å². The van der Waals surface area contributed by atoms with Crippen LogP contribution in [0.4, 0.5) is 0 Å². The van der Waals surface area contributed by atoms with Gasteiger partial charge in [0.05, 0.1) is 11.4 Å². The Bertz CT molecular complexity index is 704. The van der Waals surface area contributed by atoms with E-state index in [0.717, 1.165) is 28.6 Å². The maximum atomic E-state index is 5.38. The Labute approximate surface area is 115 Å². The van der Waals surface area contributed by atoms with Crippen LogP contribution in [0.15, 0.2) is 45.3 Å². The number of nitrogens with zero attached hydrogens (tertiary/aromatic N) is 3. The number of hydrogen-bond donors (Lipinski definition) is 1. The predicted molar refractivity (Wildman–Crippen MR) is 73.3 cm³/mol. The van der Waals surface area contributed by atoms with Crippen molar-refractivity contribution in [2.75, 3.05) is 7.05 Å². The second kappa shape index (κ2) is 5.07. The summed E-state index contributed by atoms with van der Waals surface area (Å²) in [6, 6.07) is 5.97. The van der Waals surface area contributed by atoms with E-state index in [-0.39, 0.29) is 0 Å². The summed E-state index contributed by atoms with van der Waals surface area (Å²) >= 11 is 1.45. The number of pyridine rings is 1. The summed E-state index contributed by atoms with van der Waals surface area (Å²) in [5, 5.41) is 4.71. The van der Waals surface area contributed by atoms with E-state index in [1.165, 1.54) is 11.8 Å². The Morgan fingerprint density at radius 3 is 3.00 bits per heavy atom. The number of fused-ring (bicyclic) bond motifs is 1. The summed E-state index contributed by atoms with van der Waals surface area (Å²) in [6.45, 7) is 2.65. The molecule has 0 fully saturated rings. The van der Waals surface area contributed by atoms with E-state index in [1.54, 1.807) is 6.26 Å². The van der Waals surface area contributed by atoms with Gasteiger partial charge in [0.25, 0.3) is 5.22 Å². The molecular weight excluding hydrogens is 260 g/mol. The lowest BCUT2D eigenvalue weighted by Gasteiger charge is -2.02. The van der Waals surface area contributed by atoms with Crippen molar-refractivity contribution >= 4 is 17.4 Å². The fraction of sp³-hybridized carbons (Fsp3) is 0.231. The van der Waals surface area contributed by atoms with E-state index < -0.39 is 0 Å². The van der Waals surface area contributed by atoms with Gasteiger partial charge in [-0.3, -0.25) is 0 Å². The van der Waals surface area contributed by atoms with E-state index in [2.05, 4.69) is 19.7 Å². The monoisotopic (exact) mass is 274 g/mol. The highest BCUT2D eigenvalue weighted by Crippen LogP contribution is 2.29. The first-order valence-corrected chi connectivity index (χ1v) is 6.80. The van der Waals surface area contributed by atoms with Crippen LogP contribution in [-0.2, 0) is 6.54 Å². The van der Waals surface area contributed by atoms with Gasteiger partial charge in [-0.1, -0.05) is 6.07 Å². The number of hydrogen-bond acceptors (Lipinski definition) is 5. The largest absolute Gasteiger partial charge is 0.439 e. The number of aromatic nitrogens is 3. The third-order valence-corrected chi connectivity index (χ3v) is 3.60. The molecule has 5 nitrogen and oxygen atoms in total. The standard InChI is InChI=1S/C13H14N4OS/c1-9-8-18-13(15-9)19-12-10(7-14-2)17-6-4-3-5-11(17)16-12/h3-6,8,14H,7H2,1-2H3. The molecule has 98 valence electrons. The second-order valence-corrected chi connectivity index (χ2v) is 5.12. The highest BCUT2D eigenvalue weighted by molar-refractivity contribution is 7.99. The van der Waals surface area contributed by atoms with Gasteiger partial charge in [-0.25, -0.2) is 9.97 Å². The Morgan fingerprint density at radius 2 is 2.26 bits per heavy atom. The summed E-state index contributed by atoms with van der Waals surface area (Å²) in [5.41, 5.74) is 2.92. The lowest BCUT2D eigenvalue weighted by atomic mass is 10.4. The van der Waals surface area contributed by atoms with E-state index in [0.29, 0.717) is 5.22 Å². The number of oxazole rings is 1. The first-order chi connectivity index (χ1) is 9.28. The van der Waals surface area contributed by atoms with Crippen LogP contribution >= 0.6 is 11.8 Å². The molecule has 3 aromatic rings. The third kappa shape index (κ3) is 2.36. The lowest BCUT2D eigenvalue weighted by molar-refractivity contribution is 0.453. The quantitative estimate of drug-likeness (QED) is 0.792. The average Bonchev–Trinajstić information content (AvgIpc) is 2.96. The fourth-order valence-electron chi connectivity index (χ4n) is 1.90. The van der Waals surface area contributed by atoms with E-state index in [4.69, 9.17) is 4.42 Å². The zero-order valence-electron chi connectivity index (χ0n) is 10.8. The van der Waals surface area contributed by atoms with Crippen molar-refractivity contribution in [1.82, 2.24) is 19.7 Å². The molecule has 3 aromatic heterocycles. The molecule has 0 bridgehead atoms. The molecule has 6 heteroatoms. The number of aryl methyl sites for hydroxylation is 1. The molecule has 0 amide bonds. The molecule has 0 radical (unpaired) electrons. The molecular formula is C13H14N4OS. The number of rotatable bonds is 4. The Balaban J connectivity index is 2.04. The molecule has 0 spiro atoms. The van der Waals surface area contributed by atoms with Crippen molar-refractivity contribution < 1.29 is 4.42 Å². The molecule has 0 atom stereocenters. The topological polar surface area (TPSA) is 55.4 Å². The second-order valence-electron chi connectivity index (χ2n) is 4.18. The molecule has 1 N–H and O–H groups in total. The van der Waals surface area contributed by atoms with Gasteiger partial charge < -0.3 is 14.1 Å². The number of nitrogens with one attached hydrogen (secondary N) is 1. The summed E-state index contributed by atoms with van der Waals surface area (Å²) in [6.07, 6.45) is 3.66. The predicted octanol–water partition coefficient (Wildman–Crippen LogP) is 2.50. The number of imidazole rings is 1. The Kier molecular flexibility index (Phi) is 3.27. The summed E-state index contributed by atoms with van der Waals surface area (Å²) < 4.78 is 7.46. The van der Waals surface area contributed by atoms with Crippen LogP contribution in [0.1, 0.15) is 11.4 Å². The van der Waals surface area contributed by atoms with E-state index >= 15 is 0 Å². The van der Waals surface area contributed by atoms with Crippen molar-refractivity contribution in [3.05, 3.63) is 42.0 Å². The molecule has 0 aromatic carbocycles. The molecule has 0 aliphatic heterocycles. The van der Waals surface area contributed by atoms with Crippen molar-refractivity contribution in [3.8, 4) is 0 Å². The summed E-state index contributed by atoms with van der Waals surface area (Å²) in [5.74, 6) is 0. The van der Waals surface area contributed by atoms with Crippen molar-refractivity contribution in [2.45, 2.75) is 23.7 Å². The molecule has 0 saturated carbocycles. The SMILES string of the molecule is CNCc1c(Sc2nc(C)co2)nc2ccccn12. The molecule has 0 unspecified atom stereocenters. The summed E-state index contributed by atoms with van der Waals surface area (Å²) in [4.78, 5) is 8.93. The Hall–Kier alpha value is -1.79. The molecule has 0 saturated heterocycles. The van der Waals surface area contributed by atoms with Gasteiger partial charge in [0.15, 0.2) is 0 Å². The van der Waals surface area contributed by atoms with Gasteiger partial charge in [0, 0.05) is 12.7 Å². The zero-order valence-corrected chi connectivity index (χ0v) is 11.6. The van der Waals surface area contributed by atoms with Gasteiger partial charge in [-0.15, -0.1) is 0 Å². The minimum atomic E-state index is 0.623. The van der Waals surface area contributed by atoms with Crippen LogP contribution in [-0.4, -0.2) is 21.4 Å². The molecule has 3 rings (SSSR count). The van der Waals surface area contributed by atoms with Gasteiger partial charge in [0.1, 0.15) is 16.9 Å². The average molecular weight is 274 g/mol. The maximum absolute atomic E-state index is 5.38. The molecule has 0 aliphatic rings. The smallest absolute Gasteiger partial charge is 0.262 e. The normalized spacial score (nSPS) is 11.3. The highest BCUT2D eigenvalue weighted by Gasteiger charge is 2.14.